The van der Waals surface area contributed by atoms with Gasteiger partial charge in [-0.15, -0.1) is 0 Å². The summed E-state index contributed by atoms with van der Waals surface area (Å²) in [5.74, 6) is 3.30. The zero-order valence-corrected chi connectivity index (χ0v) is 16.7. The first-order valence-electron chi connectivity index (χ1n) is 9.71. The van der Waals surface area contributed by atoms with Crippen LogP contribution in [0.3, 0.4) is 0 Å². The van der Waals surface area contributed by atoms with E-state index in [0.717, 1.165) is 28.6 Å². The Balaban J connectivity index is 1.82. The van der Waals surface area contributed by atoms with Crippen molar-refractivity contribution in [2.45, 2.75) is 12.8 Å². The van der Waals surface area contributed by atoms with Crippen LogP contribution >= 0.6 is 0 Å². The molecule has 0 amide bonds. The molecule has 0 fully saturated rings. The fourth-order valence-electron chi connectivity index (χ4n) is 4.30. The van der Waals surface area contributed by atoms with Gasteiger partial charge >= 0.3 is 0 Å². The van der Waals surface area contributed by atoms with Gasteiger partial charge in [0.15, 0.2) is 11.5 Å². The average Bonchev–Trinajstić information content (AvgIpc) is 2.77. The summed E-state index contributed by atoms with van der Waals surface area (Å²) in [6, 6.07) is 25.2. The van der Waals surface area contributed by atoms with Crippen molar-refractivity contribution in [2.24, 2.45) is 0 Å². The van der Waals surface area contributed by atoms with Crippen molar-refractivity contribution in [1.82, 2.24) is 0 Å². The molecule has 0 aliphatic carbocycles. The fraction of sp³-hybridized carbons (Fsp3) is 0.154. The van der Waals surface area contributed by atoms with Crippen LogP contribution in [-0.2, 0) is 0 Å². The summed E-state index contributed by atoms with van der Waals surface area (Å²) in [7, 11) is 3.33. The van der Waals surface area contributed by atoms with Crippen LogP contribution in [0, 0.1) is 6.92 Å². The monoisotopic (exact) mass is 382 g/mol. The van der Waals surface area contributed by atoms with Gasteiger partial charge in [0.2, 0.25) is 0 Å². The van der Waals surface area contributed by atoms with Crippen molar-refractivity contribution < 1.29 is 14.2 Å². The normalized spacial score (nSPS) is 14.7. The highest BCUT2D eigenvalue weighted by molar-refractivity contribution is 5.90. The van der Waals surface area contributed by atoms with Gasteiger partial charge in [0.1, 0.15) is 11.5 Å². The molecule has 0 aromatic heterocycles. The molecule has 3 heteroatoms. The molecule has 4 aromatic carbocycles. The van der Waals surface area contributed by atoms with E-state index in [2.05, 4.69) is 73.7 Å². The van der Waals surface area contributed by atoms with E-state index >= 15 is 0 Å². The molecule has 144 valence electrons. The number of rotatable bonds is 3. The zero-order chi connectivity index (χ0) is 20.0. The van der Waals surface area contributed by atoms with E-state index in [1.165, 1.54) is 27.5 Å². The average molecular weight is 382 g/mol. The van der Waals surface area contributed by atoms with Gasteiger partial charge in [0, 0.05) is 17.0 Å². The maximum Gasteiger partial charge on any atom is 0.161 e. The van der Waals surface area contributed by atoms with Crippen LogP contribution in [0.2, 0.25) is 0 Å². The highest BCUT2D eigenvalue weighted by Crippen LogP contribution is 2.50. The molecule has 0 N–H and O–H groups in total. The van der Waals surface area contributed by atoms with E-state index < -0.39 is 0 Å². The molecule has 0 bridgehead atoms. The van der Waals surface area contributed by atoms with E-state index in [9.17, 15) is 0 Å². The Bertz CT molecular complexity index is 1230. The summed E-state index contributed by atoms with van der Waals surface area (Å²) >= 11 is 0. The van der Waals surface area contributed by atoms with Crippen LogP contribution in [0.1, 0.15) is 28.2 Å². The second-order valence-electron chi connectivity index (χ2n) is 7.39. The van der Waals surface area contributed by atoms with Crippen LogP contribution < -0.4 is 14.2 Å². The van der Waals surface area contributed by atoms with Gasteiger partial charge in [-0.1, -0.05) is 54.1 Å². The number of aryl methyl sites for hydroxylation is 1. The van der Waals surface area contributed by atoms with Crippen LogP contribution in [-0.4, -0.2) is 14.2 Å². The number of ether oxygens (including phenoxy) is 3. The molecule has 3 nitrogen and oxygen atoms in total. The highest BCUT2D eigenvalue weighted by atomic mass is 16.5. The maximum atomic E-state index is 6.34. The lowest BCUT2D eigenvalue weighted by Crippen LogP contribution is -2.13. The van der Waals surface area contributed by atoms with E-state index in [1.54, 1.807) is 14.2 Å². The number of fused-ring (bicyclic) bond motifs is 4. The molecule has 0 saturated heterocycles. The lowest BCUT2D eigenvalue weighted by Gasteiger charge is -2.30. The lowest BCUT2D eigenvalue weighted by atomic mass is 9.80. The number of hydrogen-bond acceptors (Lipinski definition) is 3. The van der Waals surface area contributed by atoms with Gasteiger partial charge in [0.25, 0.3) is 0 Å². The number of hydrogen-bond donors (Lipinski definition) is 0. The molecule has 1 atom stereocenters. The third-order valence-electron chi connectivity index (χ3n) is 5.66. The van der Waals surface area contributed by atoms with Gasteiger partial charge in [0.05, 0.1) is 14.2 Å². The Morgan fingerprint density at radius 3 is 2.38 bits per heavy atom. The second kappa shape index (κ2) is 6.85. The lowest BCUT2D eigenvalue weighted by molar-refractivity contribution is 0.354. The third kappa shape index (κ3) is 2.82. The van der Waals surface area contributed by atoms with Crippen molar-refractivity contribution in [3.05, 3.63) is 95.1 Å². The fourth-order valence-corrected chi connectivity index (χ4v) is 4.30. The smallest absolute Gasteiger partial charge is 0.161 e. The minimum Gasteiger partial charge on any atom is -0.493 e. The zero-order valence-electron chi connectivity index (χ0n) is 16.7. The van der Waals surface area contributed by atoms with Crippen LogP contribution in [0.4, 0.5) is 0 Å². The summed E-state index contributed by atoms with van der Waals surface area (Å²) in [5.41, 5.74) is 4.71. The molecule has 1 heterocycles. The molecular formula is C26H22O3. The predicted molar refractivity (Wildman–Crippen MR) is 116 cm³/mol. The molecule has 1 aliphatic heterocycles. The Labute approximate surface area is 170 Å². The topological polar surface area (TPSA) is 27.7 Å². The standard InChI is InChI=1S/C26H22O3/c1-16-8-11-21-20(14-16)25(18-10-12-22(27-2)24(15-18)28-3)26-19-7-5-4-6-17(19)9-13-23(26)29-21/h4-15,25H,1-3H3. The Kier molecular flexibility index (Phi) is 4.17. The van der Waals surface area contributed by atoms with Crippen molar-refractivity contribution in [1.29, 1.82) is 0 Å². The maximum absolute atomic E-state index is 6.34. The van der Waals surface area contributed by atoms with Gasteiger partial charge in [-0.05, 0) is 47.5 Å². The SMILES string of the molecule is COc1ccc(C2c3cc(C)ccc3Oc3ccc4ccccc4c32)cc1OC. The van der Waals surface area contributed by atoms with Gasteiger partial charge in [-0.3, -0.25) is 0 Å². The molecule has 0 spiro atoms. The van der Waals surface area contributed by atoms with Crippen LogP contribution in [0.25, 0.3) is 10.8 Å². The summed E-state index contributed by atoms with van der Waals surface area (Å²) < 4.78 is 17.4. The predicted octanol–water partition coefficient (Wildman–Crippen LogP) is 6.45. The summed E-state index contributed by atoms with van der Waals surface area (Å²) in [4.78, 5) is 0. The molecule has 0 radical (unpaired) electrons. The van der Waals surface area contributed by atoms with Crippen molar-refractivity contribution in [3.8, 4) is 23.0 Å². The summed E-state index contributed by atoms with van der Waals surface area (Å²) in [6.45, 7) is 2.12. The van der Waals surface area contributed by atoms with Gasteiger partial charge in [-0.2, -0.15) is 0 Å². The van der Waals surface area contributed by atoms with Crippen LogP contribution in [0.5, 0.6) is 23.0 Å². The van der Waals surface area contributed by atoms with E-state index in [4.69, 9.17) is 14.2 Å². The first-order valence-corrected chi connectivity index (χ1v) is 9.71. The first-order chi connectivity index (χ1) is 14.2. The largest absolute Gasteiger partial charge is 0.493 e. The van der Waals surface area contributed by atoms with E-state index in [0.29, 0.717) is 0 Å². The quantitative estimate of drug-likeness (QED) is 0.359. The summed E-state index contributed by atoms with van der Waals surface area (Å²) in [6.07, 6.45) is 0. The second-order valence-corrected chi connectivity index (χ2v) is 7.39. The minimum absolute atomic E-state index is 0.0413. The Hall–Kier alpha value is -3.46. The van der Waals surface area contributed by atoms with Gasteiger partial charge < -0.3 is 14.2 Å². The summed E-state index contributed by atoms with van der Waals surface area (Å²) in [5, 5.41) is 2.41. The number of benzene rings is 4. The van der Waals surface area contributed by atoms with E-state index in [-0.39, 0.29) is 5.92 Å². The molecular weight excluding hydrogens is 360 g/mol. The van der Waals surface area contributed by atoms with Gasteiger partial charge in [-0.25, -0.2) is 0 Å². The Morgan fingerprint density at radius 2 is 1.55 bits per heavy atom. The van der Waals surface area contributed by atoms with Crippen molar-refractivity contribution in [3.63, 3.8) is 0 Å². The van der Waals surface area contributed by atoms with Crippen molar-refractivity contribution in [2.75, 3.05) is 14.2 Å². The third-order valence-corrected chi connectivity index (χ3v) is 5.66. The molecule has 4 aromatic rings. The Morgan fingerprint density at radius 1 is 0.759 bits per heavy atom. The minimum atomic E-state index is 0.0413. The molecule has 1 unspecified atom stereocenters. The molecule has 0 saturated carbocycles. The van der Waals surface area contributed by atoms with Crippen LogP contribution in [0.15, 0.2) is 72.8 Å². The first kappa shape index (κ1) is 17.6. The molecule has 29 heavy (non-hydrogen) atoms. The van der Waals surface area contributed by atoms with E-state index in [1.807, 2.05) is 6.07 Å². The molecule has 5 rings (SSSR count). The molecule has 1 aliphatic rings. The van der Waals surface area contributed by atoms with Crippen molar-refractivity contribution >= 4 is 10.8 Å². The number of methoxy groups -OCH3 is 2. The highest BCUT2D eigenvalue weighted by Gasteiger charge is 2.31.